The number of imide groups is 1. The Balaban J connectivity index is 2.48. The smallest absolute Gasteiger partial charge is 0.229 e. The van der Waals surface area contributed by atoms with Gasteiger partial charge < -0.3 is 9.64 Å². The van der Waals surface area contributed by atoms with E-state index in [1.165, 1.54) is 4.90 Å². The molecule has 0 aromatic carbocycles. The van der Waals surface area contributed by atoms with Crippen LogP contribution in [0.2, 0.25) is 0 Å². The van der Waals surface area contributed by atoms with Gasteiger partial charge in [0, 0.05) is 46.0 Å². The summed E-state index contributed by atoms with van der Waals surface area (Å²) in [5, 5.41) is 0. The van der Waals surface area contributed by atoms with Crippen LogP contribution in [0.4, 0.5) is 0 Å². The predicted molar refractivity (Wildman–Crippen MR) is 73.9 cm³/mol. The SMILES string of the molecule is COCCN(CC(C)C)C(=O)CCN1C(=O)CCC1=O. The van der Waals surface area contributed by atoms with Crippen LogP contribution in [0.1, 0.15) is 33.1 Å². The summed E-state index contributed by atoms with van der Waals surface area (Å²) in [7, 11) is 1.60. The Kier molecular flexibility index (Phi) is 6.64. The Morgan fingerprint density at radius 3 is 2.40 bits per heavy atom. The maximum absolute atomic E-state index is 12.2. The van der Waals surface area contributed by atoms with Crippen LogP contribution in [-0.4, -0.2) is 60.9 Å². The second-order valence-corrected chi connectivity index (χ2v) is 5.42. The Morgan fingerprint density at radius 1 is 1.30 bits per heavy atom. The summed E-state index contributed by atoms with van der Waals surface area (Å²) in [5.74, 6) is -0.0145. The van der Waals surface area contributed by atoms with E-state index in [2.05, 4.69) is 0 Å². The fourth-order valence-corrected chi connectivity index (χ4v) is 2.20. The molecular formula is C14H24N2O4. The second-order valence-electron chi connectivity index (χ2n) is 5.42. The van der Waals surface area contributed by atoms with Crippen LogP contribution in [0.5, 0.6) is 0 Å². The maximum atomic E-state index is 12.2. The zero-order valence-corrected chi connectivity index (χ0v) is 12.6. The van der Waals surface area contributed by atoms with E-state index in [4.69, 9.17) is 4.74 Å². The molecule has 1 aliphatic rings. The lowest BCUT2D eigenvalue weighted by Gasteiger charge is -2.25. The minimum atomic E-state index is -0.171. The largest absolute Gasteiger partial charge is 0.383 e. The number of hydrogen-bond donors (Lipinski definition) is 0. The van der Waals surface area contributed by atoms with Gasteiger partial charge in [0.05, 0.1) is 6.61 Å². The lowest BCUT2D eigenvalue weighted by molar-refractivity contribution is -0.139. The van der Waals surface area contributed by atoms with Crippen LogP contribution in [0, 0.1) is 5.92 Å². The van der Waals surface area contributed by atoms with Crippen molar-refractivity contribution >= 4 is 17.7 Å². The van der Waals surface area contributed by atoms with Crippen molar-refractivity contribution in [2.75, 3.05) is 33.4 Å². The van der Waals surface area contributed by atoms with Gasteiger partial charge in [-0.05, 0) is 5.92 Å². The predicted octanol–water partition coefficient (Wildman–Crippen LogP) is 0.656. The van der Waals surface area contributed by atoms with Gasteiger partial charge in [0.15, 0.2) is 0 Å². The number of carbonyl (C=O) groups is 3. The third-order valence-electron chi connectivity index (χ3n) is 3.21. The molecule has 1 aliphatic heterocycles. The van der Waals surface area contributed by atoms with Crippen molar-refractivity contribution in [3.8, 4) is 0 Å². The first-order chi connectivity index (χ1) is 9.45. The molecule has 1 rings (SSSR count). The summed E-state index contributed by atoms with van der Waals surface area (Å²) in [6, 6.07) is 0. The molecule has 0 bridgehead atoms. The fourth-order valence-electron chi connectivity index (χ4n) is 2.20. The van der Waals surface area contributed by atoms with Gasteiger partial charge in [0.25, 0.3) is 0 Å². The molecule has 20 heavy (non-hydrogen) atoms. The molecule has 1 fully saturated rings. The number of hydrogen-bond acceptors (Lipinski definition) is 4. The normalized spacial score (nSPS) is 15.3. The molecule has 3 amide bonds. The summed E-state index contributed by atoms with van der Waals surface area (Å²) in [6.07, 6.45) is 0.729. The molecule has 6 nitrogen and oxygen atoms in total. The molecule has 0 atom stereocenters. The third-order valence-corrected chi connectivity index (χ3v) is 3.21. The molecule has 1 saturated heterocycles. The number of rotatable bonds is 8. The first-order valence-corrected chi connectivity index (χ1v) is 7.05. The van der Waals surface area contributed by atoms with Crippen LogP contribution in [0.25, 0.3) is 0 Å². The summed E-state index contributed by atoms with van der Waals surface area (Å²) < 4.78 is 5.00. The minimum Gasteiger partial charge on any atom is -0.383 e. The van der Waals surface area contributed by atoms with Crippen molar-refractivity contribution in [1.29, 1.82) is 0 Å². The molecule has 0 aromatic heterocycles. The second kappa shape index (κ2) is 7.99. The summed E-state index contributed by atoms with van der Waals surface area (Å²) >= 11 is 0. The van der Waals surface area contributed by atoms with Gasteiger partial charge in [-0.1, -0.05) is 13.8 Å². The number of carbonyl (C=O) groups excluding carboxylic acids is 3. The summed E-state index contributed by atoms with van der Waals surface area (Å²) in [4.78, 5) is 38.1. The van der Waals surface area contributed by atoms with Crippen LogP contribution in [0.15, 0.2) is 0 Å². The molecule has 6 heteroatoms. The quantitative estimate of drug-likeness (QED) is 0.614. The van der Waals surface area contributed by atoms with Crippen LogP contribution >= 0.6 is 0 Å². The summed E-state index contributed by atoms with van der Waals surface area (Å²) in [6.45, 7) is 5.96. The zero-order valence-electron chi connectivity index (χ0n) is 12.6. The van der Waals surface area contributed by atoms with E-state index in [1.54, 1.807) is 12.0 Å². The Hall–Kier alpha value is -1.43. The van der Waals surface area contributed by atoms with Gasteiger partial charge >= 0.3 is 0 Å². The lowest BCUT2D eigenvalue weighted by atomic mass is 10.2. The Morgan fingerprint density at radius 2 is 1.90 bits per heavy atom. The molecule has 114 valence electrons. The molecule has 0 radical (unpaired) electrons. The Bertz CT molecular complexity index is 352. The first kappa shape index (κ1) is 16.6. The highest BCUT2D eigenvalue weighted by Gasteiger charge is 2.29. The highest BCUT2D eigenvalue weighted by atomic mass is 16.5. The Labute approximate surface area is 120 Å². The molecule has 1 heterocycles. The van der Waals surface area contributed by atoms with Crippen molar-refractivity contribution < 1.29 is 19.1 Å². The van der Waals surface area contributed by atoms with Gasteiger partial charge in [0.1, 0.15) is 0 Å². The average Bonchev–Trinajstić information content (AvgIpc) is 2.71. The molecule has 0 spiro atoms. The molecule has 0 unspecified atom stereocenters. The fraction of sp³-hybridized carbons (Fsp3) is 0.786. The van der Waals surface area contributed by atoms with E-state index in [9.17, 15) is 14.4 Å². The first-order valence-electron chi connectivity index (χ1n) is 7.05. The molecule has 0 aliphatic carbocycles. The van der Waals surface area contributed by atoms with Crippen molar-refractivity contribution in [1.82, 2.24) is 9.80 Å². The van der Waals surface area contributed by atoms with Crippen LogP contribution in [-0.2, 0) is 19.1 Å². The van der Waals surface area contributed by atoms with Crippen LogP contribution in [0.3, 0.4) is 0 Å². The number of ether oxygens (including phenoxy) is 1. The van der Waals surface area contributed by atoms with Gasteiger partial charge in [-0.3, -0.25) is 19.3 Å². The van der Waals surface area contributed by atoms with Crippen molar-refractivity contribution in [3.05, 3.63) is 0 Å². The minimum absolute atomic E-state index is 0.0387. The van der Waals surface area contributed by atoms with Crippen molar-refractivity contribution in [2.45, 2.75) is 33.1 Å². The molecule has 0 aromatic rings. The monoisotopic (exact) mass is 284 g/mol. The van der Waals surface area contributed by atoms with E-state index >= 15 is 0 Å². The van der Waals surface area contributed by atoms with E-state index in [0.717, 1.165) is 0 Å². The van der Waals surface area contributed by atoms with Gasteiger partial charge in [0.2, 0.25) is 17.7 Å². The third kappa shape index (κ3) is 4.92. The van der Waals surface area contributed by atoms with Crippen LogP contribution < -0.4 is 0 Å². The number of methoxy groups -OCH3 is 1. The molecule has 0 N–H and O–H groups in total. The zero-order chi connectivity index (χ0) is 15.1. The van der Waals surface area contributed by atoms with Gasteiger partial charge in [-0.2, -0.15) is 0 Å². The lowest BCUT2D eigenvalue weighted by Crippen LogP contribution is -2.39. The van der Waals surface area contributed by atoms with Gasteiger partial charge in [-0.25, -0.2) is 0 Å². The molecule has 0 saturated carbocycles. The summed E-state index contributed by atoms with van der Waals surface area (Å²) in [5.41, 5.74) is 0. The van der Waals surface area contributed by atoms with E-state index in [-0.39, 0.29) is 43.5 Å². The van der Waals surface area contributed by atoms with Crippen molar-refractivity contribution in [3.63, 3.8) is 0 Å². The topological polar surface area (TPSA) is 66.9 Å². The highest BCUT2D eigenvalue weighted by Crippen LogP contribution is 2.12. The highest BCUT2D eigenvalue weighted by molar-refractivity contribution is 6.02. The number of nitrogens with zero attached hydrogens (tertiary/aromatic N) is 2. The number of amides is 3. The standard InChI is InChI=1S/C14H24N2O4/c1-11(2)10-15(8-9-20-3)12(17)6-7-16-13(18)4-5-14(16)19/h11H,4-10H2,1-3H3. The van der Waals surface area contributed by atoms with Crippen molar-refractivity contribution in [2.24, 2.45) is 5.92 Å². The number of likely N-dealkylation sites (tertiary alicyclic amines) is 1. The maximum Gasteiger partial charge on any atom is 0.229 e. The van der Waals surface area contributed by atoms with E-state index in [0.29, 0.717) is 25.6 Å². The molecular weight excluding hydrogens is 260 g/mol. The average molecular weight is 284 g/mol. The van der Waals surface area contributed by atoms with Gasteiger partial charge in [-0.15, -0.1) is 0 Å². The van der Waals surface area contributed by atoms with E-state index < -0.39 is 0 Å². The van der Waals surface area contributed by atoms with E-state index in [1.807, 2.05) is 13.8 Å².